The minimum Gasteiger partial charge on any atom is -0.493 e. The Labute approximate surface area is 208 Å². The lowest BCUT2D eigenvalue weighted by Crippen LogP contribution is -2.37. The van der Waals surface area contributed by atoms with E-state index in [2.05, 4.69) is 21.2 Å². The van der Waals surface area contributed by atoms with Gasteiger partial charge in [0.2, 0.25) is 0 Å². The van der Waals surface area contributed by atoms with E-state index >= 15 is 0 Å². The predicted octanol–water partition coefficient (Wildman–Crippen LogP) is 3.00. The fraction of sp³-hybridized carbons (Fsp3) is 0.231. The lowest BCUT2D eigenvalue weighted by atomic mass is 10.1. The van der Waals surface area contributed by atoms with Crippen molar-refractivity contribution in [1.29, 1.82) is 0 Å². The molecule has 0 spiro atoms. The van der Waals surface area contributed by atoms with Crippen LogP contribution in [0.5, 0.6) is 11.5 Å². The van der Waals surface area contributed by atoms with Gasteiger partial charge in [0.05, 0.1) is 26.1 Å². The molecule has 1 heterocycles. The van der Waals surface area contributed by atoms with Crippen LogP contribution in [0.3, 0.4) is 0 Å². The Balaban J connectivity index is 1.52. The summed E-state index contributed by atoms with van der Waals surface area (Å²) in [7, 11) is 1.47. The fourth-order valence-electron chi connectivity index (χ4n) is 3.46. The summed E-state index contributed by atoms with van der Waals surface area (Å²) in [6.45, 7) is 5.76. The summed E-state index contributed by atoms with van der Waals surface area (Å²) in [6, 6.07) is 12.3. The number of carbonyl (C=O) groups excluding carboxylic acids is 3. The molecule has 3 rings (SSSR count). The lowest BCUT2D eigenvalue weighted by molar-refractivity contribution is -0.139. The molecule has 0 unspecified atom stereocenters. The van der Waals surface area contributed by atoms with Crippen LogP contribution in [0.2, 0.25) is 0 Å². The number of nitrogens with zero attached hydrogens (tertiary/aromatic N) is 1. The molecule has 188 valence electrons. The number of nitrogens with one attached hydrogen (secondary N) is 3. The highest BCUT2D eigenvalue weighted by atomic mass is 16.5. The molecule has 10 heteroatoms. The predicted molar refractivity (Wildman–Crippen MR) is 134 cm³/mol. The molecule has 0 radical (unpaired) electrons. The summed E-state index contributed by atoms with van der Waals surface area (Å²) < 4.78 is 16.1. The van der Waals surface area contributed by atoms with Gasteiger partial charge in [0.15, 0.2) is 18.1 Å². The van der Waals surface area contributed by atoms with Gasteiger partial charge in [-0.1, -0.05) is 17.7 Å². The second-order valence-electron chi connectivity index (χ2n) is 7.98. The van der Waals surface area contributed by atoms with Gasteiger partial charge >= 0.3 is 11.8 Å². The molecule has 0 aliphatic rings. The highest BCUT2D eigenvalue weighted by Crippen LogP contribution is 2.28. The Hall–Kier alpha value is -4.60. The molecular formula is C26H28N4O6. The quantitative estimate of drug-likeness (QED) is 0.239. The molecule has 0 aliphatic carbocycles. The largest absolute Gasteiger partial charge is 0.493 e. The first-order valence-corrected chi connectivity index (χ1v) is 11.1. The smallest absolute Gasteiger partial charge is 0.329 e. The van der Waals surface area contributed by atoms with Gasteiger partial charge in [-0.3, -0.25) is 14.4 Å². The van der Waals surface area contributed by atoms with E-state index in [1.54, 1.807) is 30.3 Å². The van der Waals surface area contributed by atoms with E-state index in [0.29, 0.717) is 22.8 Å². The third kappa shape index (κ3) is 7.20. The second-order valence-corrected chi connectivity index (χ2v) is 7.98. The summed E-state index contributed by atoms with van der Waals surface area (Å²) in [5.41, 5.74) is 6.57. The maximum Gasteiger partial charge on any atom is 0.329 e. The number of hydrogen-bond donors (Lipinski definition) is 3. The first-order valence-electron chi connectivity index (χ1n) is 11.1. The molecule has 2 aromatic carbocycles. The van der Waals surface area contributed by atoms with Crippen LogP contribution in [0.1, 0.15) is 28.0 Å². The van der Waals surface area contributed by atoms with E-state index in [9.17, 15) is 14.4 Å². The summed E-state index contributed by atoms with van der Waals surface area (Å²) in [5, 5.41) is 9.09. The van der Waals surface area contributed by atoms with E-state index < -0.39 is 11.8 Å². The van der Waals surface area contributed by atoms with Crippen LogP contribution in [-0.4, -0.2) is 37.7 Å². The zero-order chi connectivity index (χ0) is 26.1. The summed E-state index contributed by atoms with van der Waals surface area (Å²) in [6.07, 6.45) is 2.82. The number of rotatable bonds is 9. The normalized spacial score (nSPS) is 10.7. The number of amides is 3. The van der Waals surface area contributed by atoms with Crippen LogP contribution >= 0.6 is 0 Å². The second kappa shape index (κ2) is 12.2. The molecule has 10 nitrogen and oxygen atoms in total. The van der Waals surface area contributed by atoms with E-state index in [-0.39, 0.29) is 19.1 Å². The number of benzene rings is 2. The molecule has 3 aromatic rings. The van der Waals surface area contributed by atoms with Gasteiger partial charge in [0.1, 0.15) is 5.76 Å². The van der Waals surface area contributed by atoms with Gasteiger partial charge in [0, 0.05) is 5.69 Å². The average Bonchev–Trinajstić information content (AvgIpc) is 3.37. The monoisotopic (exact) mass is 492 g/mol. The number of furan rings is 1. The Morgan fingerprint density at radius 3 is 2.42 bits per heavy atom. The third-order valence-electron chi connectivity index (χ3n) is 5.08. The van der Waals surface area contributed by atoms with Gasteiger partial charge in [-0.2, -0.15) is 5.10 Å². The van der Waals surface area contributed by atoms with Crippen molar-refractivity contribution in [3.63, 3.8) is 0 Å². The van der Waals surface area contributed by atoms with Gasteiger partial charge < -0.3 is 24.5 Å². The van der Waals surface area contributed by atoms with E-state index in [0.717, 1.165) is 22.4 Å². The Morgan fingerprint density at radius 2 is 1.75 bits per heavy atom. The standard InChI is InChI=1S/C26H28N4O6/c1-16-10-17(2)24(18(3)11-16)29-23(31)15-36-21-8-7-19(12-22(21)34-4)13-28-30-26(33)25(32)27-14-20-6-5-9-35-20/h5-13H,14-15H2,1-4H3,(H,27,32)(H,29,31)(H,30,33)/b28-13-. The minimum absolute atomic E-state index is 0.0872. The molecule has 0 saturated carbocycles. The molecule has 3 N–H and O–H groups in total. The van der Waals surface area contributed by atoms with Crippen LogP contribution in [0.25, 0.3) is 0 Å². The van der Waals surface area contributed by atoms with Crippen molar-refractivity contribution in [3.05, 3.63) is 76.7 Å². The highest BCUT2D eigenvalue weighted by Gasteiger charge is 2.13. The zero-order valence-corrected chi connectivity index (χ0v) is 20.5. The number of methoxy groups -OCH3 is 1. The van der Waals surface area contributed by atoms with Crippen LogP contribution in [-0.2, 0) is 20.9 Å². The Morgan fingerprint density at radius 1 is 1.00 bits per heavy atom. The molecule has 0 atom stereocenters. The number of ether oxygens (including phenoxy) is 2. The maximum absolute atomic E-state index is 12.4. The van der Waals surface area contributed by atoms with Crippen molar-refractivity contribution < 1.29 is 28.3 Å². The van der Waals surface area contributed by atoms with Crippen LogP contribution in [0.4, 0.5) is 5.69 Å². The van der Waals surface area contributed by atoms with Crippen molar-refractivity contribution in [2.45, 2.75) is 27.3 Å². The number of anilines is 1. The molecule has 0 fully saturated rings. The summed E-state index contributed by atoms with van der Waals surface area (Å²) in [5.74, 6) is -0.813. The van der Waals surface area contributed by atoms with Crippen molar-refractivity contribution in [2.75, 3.05) is 19.0 Å². The molecule has 3 amide bonds. The SMILES string of the molecule is COc1cc(/C=N\NC(=O)C(=O)NCc2ccco2)ccc1OCC(=O)Nc1c(C)cc(C)cc1C. The zero-order valence-electron chi connectivity index (χ0n) is 20.5. The molecular weight excluding hydrogens is 464 g/mol. The van der Waals surface area contributed by atoms with E-state index in [1.165, 1.54) is 19.6 Å². The maximum atomic E-state index is 12.4. The number of hydrogen-bond acceptors (Lipinski definition) is 7. The third-order valence-corrected chi connectivity index (χ3v) is 5.08. The van der Waals surface area contributed by atoms with Crippen molar-refractivity contribution >= 4 is 29.6 Å². The minimum atomic E-state index is -0.921. The molecule has 36 heavy (non-hydrogen) atoms. The Kier molecular flexibility index (Phi) is 8.82. The topological polar surface area (TPSA) is 131 Å². The van der Waals surface area contributed by atoms with Gasteiger partial charge in [-0.05, 0) is 67.8 Å². The van der Waals surface area contributed by atoms with Gasteiger partial charge in [0.25, 0.3) is 5.91 Å². The first kappa shape index (κ1) is 26.0. The molecule has 0 bridgehead atoms. The van der Waals surface area contributed by atoms with Gasteiger partial charge in [-0.25, -0.2) is 5.43 Å². The van der Waals surface area contributed by atoms with Crippen LogP contribution in [0, 0.1) is 20.8 Å². The Bertz CT molecular complexity index is 1240. The van der Waals surface area contributed by atoms with E-state index in [1.807, 2.05) is 32.9 Å². The molecule has 1 aromatic heterocycles. The number of aryl methyl sites for hydroxylation is 3. The first-order chi connectivity index (χ1) is 17.3. The molecule has 0 saturated heterocycles. The van der Waals surface area contributed by atoms with Crippen LogP contribution in [0.15, 0.2) is 58.2 Å². The van der Waals surface area contributed by atoms with Crippen molar-refractivity contribution in [2.24, 2.45) is 5.10 Å². The molecule has 0 aliphatic heterocycles. The summed E-state index contributed by atoms with van der Waals surface area (Å²) in [4.78, 5) is 36.1. The lowest BCUT2D eigenvalue weighted by Gasteiger charge is -2.14. The number of hydrazone groups is 1. The van der Waals surface area contributed by atoms with Crippen molar-refractivity contribution in [3.8, 4) is 11.5 Å². The van der Waals surface area contributed by atoms with E-state index in [4.69, 9.17) is 13.9 Å². The van der Waals surface area contributed by atoms with Crippen LogP contribution < -0.4 is 25.5 Å². The van der Waals surface area contributed by atoms with Gasteiger partial charge in [-0.15, -0.1) is 0 Å². The average molecular weight is 493 g/mol. The highest BCUT2D eigenvalue weighted by molar-refractivity contribution is 6.35. The number of carbonyl (C=O) groups is 3. The summed E-state index contributed by atoms with van der Waals surface area (Å²) >= 11 is 0. The van der Waals surface area contributed by atoms with Crippen molar-refractivity contribution in [1.82, 2.24) is 10.7 Å². The fourth-order valence-corrected chi connectivity index (χ4v) is 3.46.